The number of nitrogens with two attached hydrogens (primary N) is 1. The molecule has 0 bridgehead atoms. The minimum absolute atomic E-state index is 0. The highest BCUT2D eigenvalue weighted by molar-refractivity contribution is 5.98. The lowest BCUT2D eigenvalue weighted by Gasteiger charge is -2.24. The fourth-order valence-electron chi connectivity index (χ4n) is 3.65. The van der Waals surface area contributed by atoms with Crippen LogP contribution in [-0.2, 0) is 4.79 Å². The molecule has 2 amide bonds. The Morgan fingerprint density at radius 2 is 2.00 bits per heavy atom. The van der Waals surface area contributed by atoms with Crippen LogP contribution in [0.4, 0.5) is 5.69 Å². The molecule has 126 valence electrons. The molecule has 3 rings (SSSR count). The summed E-state index contributed by atoms with van der Waals surface area (Å²) in [6.45, 7) is 1.90. The highest BCUT2D eigenvalue weighted by Gasteiger charge is 2.38. The summed E-state index contributed by atoms with van der Waals surface area (Å²) in [5.74, 6) is 0.127. The van der Waals surface area contributed by atoms with Crippen LogP contribution < -0.4 is 16.4 Å². The van der Waals surface area contributed by atoms with Crippen LogP contribution in [0.2, 0.25) is 0 Å². The SMILES string of the molecule is Cc1ccc(C(N)=O)cc1NC(=O)C1CC2CCCCC2N1.Cl. The molecule has 6 heteroatoms. The number of halogens is 1. The lowest BCUT2D eigenvalue weighted by molar-refractivity contribution is -0.117. The van der Waals surface area contributed by atoms with Crippen LogP contribution >= 0.6 is 12.4 Å². The molecule has 3 unspecified atom stereocenters. The summed E-state index contributed by atoms with van der Waals surface area (Å²) in [7, 11) is 0. The average Bonchev–Trinajstić information content (AvgIpc) is 2.93. The number of primary amides is 1. The molecule has 1 saturated carbocycles. The van der Waals surface area contributed by atoms with Crippen molar-refractivity contribution in [2.75, 3.05) is 5.32 Å². The number of anilines is 1. The fraction of sp³-hybridized carbons (Fsp3) is 0.529. The maximum atomic E-state index is 12.5. The molecule has 1 aromatic rings. The Morgan fingerprint density at radius 1 is 1.26 bits per heavy atom. The van der Waals surface area contributed by atoms with Crippen LogP contribution in [-0.4, -0.2) is 23.9 Å². The highest BCUT2D eigenvalue weighted by atomic mass is 35.5. The Bertz CT molecular complexity index is 592. The number of carbonyl (C=O) groups is 2. The molecule has 4 N–H and O–H groups in total. The normalized spacial score (nSPS) is 26.0. The van der Waals surface area contributed by atoms with Crippen LogP contribution in [0.1, 0.15) is 48.0 Å². The summed E-state index contributed by atoms with van der Waals surface area (Å²) in [6, 6.07) is 5.48. The number of rotatable bonds is 3. The number of hydrogen-bond donors (Lipinski definition) is 3. The molecular weight excluding hydrogens is 314 g/mol. The van der Waals surface area contributed by atoms with Gasteiger partial charge in [0.1, 0.15) is 0 Å². The topological polar surface area (TPSA) is 84.2 Å². The molecule has 3 atom stereocenters. The lowest BCUT2D eigenvalue weighted by Crippen LogP contribution is -2.40. The molecule has 0 aromatic heterocycles. The second-order valence-corrected chi connectivity index (χ2v) is 6.49. The first-order chi connectivity index (χ1) is 10.5. The van der Waals surface area contributed by atoms with Crippen LogP contribution in [0, 0.1) is 12.8 Å². The van der Waals surface area contributed by atoms with Crippen molar-refractivity contribution in [3.8, 4) is 0 Å². The van der Waals surface area contributed by atoms with Crippen molar-refractivity contribution >= 4 is 29.9 Å². The van der Waals surface area contributed by atoms with E-state index in [1.165, 1.54) is 25.7 Å². The number of fused-ring (bicyclic) bond motifs is 1. The lowest BCUT2D eigenvalue weighted by atomic mass is 9.85. The van der Waals surface area contributed by atoms with Gasteiger partial charge in [-0.3, -0.25) is 9.59 Å². The largest absolute Gasteiger partial charge is 0.366 e. The van der Waals surface area contributed by atoms with Crippen molar-refractivity contribution in [3.63, 3.8) is 0 Å². The van der Waals surface area contributed by atoms with Crippen LogP contribution in [0.15, 0.2) is 18.2 Å². The molecule has 2 fully saturated rings. The van der Waals surface area contributed by atoms with Crippen molar-refractivity contribution < 1.29 is 9.59 Å². The molecule has 1 heterocycles. The van der Waals surface area contributed by atoms with Crippen molar-refractivity contribution in [2.24, 2.45) is 11.7 Å². The summed E-state index contributed by atoms with van der Waals surface area (Å²) in [6.07, 6.45) is 5.83. The summed E-state index contributed by atoms with van der Waals surface area (Å²) >= 11 is 0. The molecule has 1 aliphatic carbocycles. The van der Waals surface area contributed by atoms with Crippen molar-refractivity contribution in [1.82, 2.24) is 5.32 Å². The van der Waals surface area contributed by atoms with Crippen molar-refractivity contribution in [1.29, 1.82) is 0 Å². The summed E-state index contributed by atoms with van der Waals surface area (Å²) in [5, 5.41) is 6.41. The van der Waals surface area contributed by atoms with E-state index in [1.807, 2.05) is 6.92 Å². The first-order valence-electron chi connectivity index (χ1n) is 8.02. The maximum absolute atomic E-state index is 12.5. The van der Waals surface area contributed by atoms with Gasteiger partial charge in [0.15, 0.2) is 0 Å². The smallest absolute Gasteiger partial charge is 0.248 e. The summed E-state index contributed by atoms with van der Waals surface area (Å²) in [5.41, 5.74) is 7.30. The Labute approximate surface area is 142 Å². The van der Waals surface area contributed by atoms with Crippen molar-refractivity contribution in [3.05, 3.63) is 29.3 Å². The molecule has 0 spiro atoms. The van der Waals surface area contributed by atoms with Gasteiger partial charge in [-0.15, -0.1) is 12.4 Å². The molecular formula is C17H24ClN3O2. The van der Waals surface area contributed by atoms with E-state index in [2.05, 4.69) is 10.6 Å². The summed E-state index contributed by atoms with van der Waals surface area (Å²) in [4.78, 5) is 23.8. The first-order valence-corrected chi connectivity index (χ1v) is 8.02. The molecule has 0 radical (unpaired) electrons. The van der Waals surface area contributed by atoms with Gasteiger partial charge in [-0.05, 0) is 49.8 Å². The standard InChI is InChI=1S/C17H23N3O2.ClH/c1-10-6-7-12(16(18)21)9-14(10)20-17(22)15-8-11-4-2-3-5-13(11)19-15;/h6-7,9,11,13,15,19H,2-5,8H2,1H3,(H2,18,21)(H,20,22);1H. The predicted octanol–water partition coefficient (Wildman–Crippen LogP) is 2.37. The molecule has 5 nitrogen and oxygen atoms in total. The number of amides is 2. The monoisotopic (exact) mass is 337 g/mol. The Morgan fingerprint density at radius 3 is 2.70 bits per heavy atom. The first kappa shape index (κ1) is 17.8. The van der Waals surface area contributed by atoms with E-state index in [4.69, 9.17) is 5.73 Å². The van der Waals surface area contributed by atoms with E-state index in [1.54, 1.807) is 18.2 Å². The zero-order chi connectivity index (χ0) is 15.7. The van der Waals surface area contributed by atoms with Crippen molar-refractivity contribution in [2.45, 2.75) is 51.1 Å². The minimum Gasteiger partial charge on any atom is -0.366 e. The third-order valence-corrected chi connectivity index (χ3v) is 4.96. The number of nitrogens with one attached hydrogen (secondary N) is 2. The molecule has 1 saturated heterocycles. The second-order valence-electron chi connectivity index (χ2n) is 6.49. The third kappa shape index (κ3) is 3.85. The quantitative estimate of drug-likeness (QED) is 0.791. The van der Waals surface area contributed by atoms with Gasteiger partial charge in [0.2, 0.25) is 11.8 Å². The zero-order valence-electron chi connectivity index (χ0n) is 13.3. The van der Waals surface area contributed by atoms with Gasteiger partial charge in [-0.25, -0.2) is 0 Å². The molecule has 23 heavy (non-hydrogen) atoms. The Balaban J connectivity index is 0.00000192. The Kier molecular flexibility index (Phi) is 5.65. The fourth-order valence-corrected chi connectivity index (χ4v) is 3.65. The number of aryl methyl sites for hydroxylation is 1. The van der Waals surface area contributed by atoms with E-state index in [-0.39, 0.29) is 24.4 Å². The third-order valence-electron chi connectivity index (χ3n) is 4.96. The molecule has 1 aliphatic heterocycles. The van der Waals surface area contributed by atoms with Gasteiger partial charge in [0, 0.05) is 17.3 Å². The van der Waals surface area contributed by atoms with Gasteiger partial charge >= 0.3 is 0 Å². The van der Waals surface area contributed by atoms with Gasteiger partial charge < -0.3 is 16.4 Å². The van der Waals surface area contributed by atoms with Gasteiger partial charge in [0.25, 0.3) is 0 Å². The van der Waals surface area contributed by atoms with E-state index in [9.17, 15) is 9.59 Å². The average molecular weight is 338 g/mol. The summed E-state index contributed by atoms with van der Waals surface area (Å²) < 4.78 is 0. The van der Waals surface area contributed by atoms with E-state index < -0.39 is 5.91 Å². The van der Waals surface area contributed by atoms with Crippen LogP contribution in [0.5, 0.6) is 0 Å². The molecule has 1 aromatic carbocycles. The van der Waals surface area contributed by atoms with Crippen LogP contribution in [0.3, 0.4) is 0 Å². The minimum atomic E-state index is -0.486. The maximum Gasteiger partial charge on any atom is 0.248 e. The zero-order valence-corrected chi connectivity index (χ0v) is 14.1. The van der Waals surface area contributed by atoms with Gasteiger partial charge in [-0.1, -0.05) is 18.9 Å². The van der Waals surface area contributed by atoms with Gasteiger partial charge in [0.05, 0.1) is 6.04 Å². The van der Waals surface area contributed by atoms with Gasteiger partial charge in [-0.2, -0.15) is 0 Å². The number of hydrogen-bond acceptors (Lipinski definition) is 3. The Hall–Kier alpha value is -1.59. The van der Waals surface area contributed by atoms with E-state index >= 15 is 0 Å². The van der Waals surface area contributed by atoms with E-state index in [0.29, 0.717) is 23.2 Å². The predicted molar refractivity (Wildman–Crippen MR) is 92.9 cm³/mol. The van der Waals surface area contributed by atoms with Crippen LogP contribution in [0.25, 0.3) is 0 Å². The molecule has 2 aliphatic rings. The number of carbonyl (C=O) groups excluding carboxylic acids is 2. The second kappa shape index (κ2) is 7.32. The number of benzene rings is 1. The van der Waals surface area contributed by atoms with E-state index in [0.717, 1.165) is 12.0 Å². The highest BCUT2D eigenvalue weighted by Crippen LogP contribution is 2.33.